The Hall–Kier alpha value is -0.900. The molecular weight excluding hydrogens is 212 g/mol. The van der Waals surface area contributed by atoms with Gasteiger partial charge >= 0.3 is 0 Å². The van der Waals surface area contributed by atoms with Crippen molar-refractivity contribution in [2.45, 2.75) is 52.6 Å². The van der Waals surface area contributed by atoms with E-state index in [2.05, 4.69) is 35.3 Å². The van der Waals surface area contributed by atoms with Crippen LogP contribution < -0.4 is 0 Å². The summed E-state index contributed by atoms with van der Waals surface area (Å²) in [6.45, 7) is 7.80. The number of nitrogens with zero attached hydrogens (tertiary/aromatic N) is 4. The topological polar surface area (TPSA) is 34.0 Å². The minimum atomic E-state index is 0.910. The summed E-state index contributed by atoms with van der Waals surface area (Å²) in [7, 11) is 0. The van der Waals surface area contributed by atoms with Crippen molar-refractivity contribution >= 4 is 0 Å². The highest BCUT2D eigenvalue weighted by Crippen LogP contribution is 2.20. The number of aryl methyl sites for hydroxylation is 1. The fourth-order valence-electron chi connectivity index (χ4n) is 2.52. The Morgan fingerprint density at radius 1 is 1.29 bits per heavy atom. The molecule has 0 atom stereocenters. The fourth-order valence-corrected chi connectivity index (χ4v) is 2.52. The third-order valence-electron chi connectivity index (χ3n) is 3.72. The van der Waals surface area contributed by atoms with Gasteiger partial charge in [0.25, 0.3) is 0 Å². The summed E-state index contributed by atoms with van der Waals surface area (Å²) < 4.78 is 1.98. The van der Waals surface area contributed by atoms with Crippen LogP contribution in [0.4, 0.5) is 0 Å². The van der Waals surface area contributed by atoms with Crippen molar-refractivity contribution in [2.24, 2.45) is 5.92 Å². The summed E-state index contributed by atoms with van der Waals surface area (Å²) in [6.07, 6.45) is 8.28. The second-order valence-corrected chi connectivity index (χ2v) is 5.11. The number of aromatic nitrogens is 3. The lowest BCUT2D eigenvalue weighted by Gasteiger charge is -2.30. The van der Waals surface area contributed by atoms with Crippen molar-refractivity contribution in [3.05, 3.63) is 11.9 Å². The van der Waals surface area contributed by atoms with E-state index >= 15 is 0 Å². The first-order valence-electron chi connectivity index (χ1n) is 6.93. The van der Waals surface area contributed by atoms with E-state index in [0.29, 0.717) is 0 Å². The first-order valence-corrected chi connectivity index (χ1v) is 6.93. The van der Waals surface area contributed by atoms with Crippen LogP contribution in [-0.4, -0.2) is 33.0 Å². The highest BCUT2D eigenvalue weighted by Gasteiger charge is 2.17. The first kappa shape index (κ1) is 12.6. The maximum Gasteiger partial charge on any atom is 0.0946 e. The van der Waals surface area contributed by atoms with E-state index in [0.717, 1.165) is 31.1 Å². The summed E-state index contributed by atoms with van der Waals surface area (Å²) in [5, 5.41) is 8.38. The Labute approximate surface area is 104 Å². The standard InChI is InChI=1S/C13H24N4/c1-3-5-13-10-17(15-14-13)11-16-8-6-12(4-2)7-9-16/h10,12H,3-9,11H2,1-2H3. The number of likely N-dealkylation sites (tertiary alicyclic amines) is 1. The number of rotatable bonds is 5. The third-order valence-corrected chi connectivity index (χ3v) is 3.72. The average Bonchev–Trinajstić information content (AvgIpc) is 2.78. The molecule has 0 bridgehead atoms. The molecule has 1 aromatic rings. The summed E-state index contributed by atoms with van der Waals surface area (Å²) in [6, 6.07) is 0. The van der Waals surface area contributed by atoms with Gasteiger partial charge in [0.1, 0.15) is 0 Å². The summed E-state index contributed by atoms with van der Waals surface area (Å²) >= 11 is 0. The molecule has 1 aromatic heterocycles. The zero-order chi connectivity index (χ0) is 12.1. The van der Waals surface area contributed by atoms with Crippen molar-refractivity contribution in [1.82, 2.24) is 19.9 Å². The van der Waals surface area contributed by atoms with Crippen molar-refractivity contribution in [3.63, 3.8) is 0 Å². The van der Waals surface area contributed by atoms with Gasteiger partial charge in [0.15, 0.2) is 0 Å². The molecule has 0 radical (unpaired) electrons. The van der Waals surface area contributed by atoms with Crippen LogP contribution in [0.3, 0.4) is 0 Å². The van der Waals surface area contributed by atoms with Crippen LogP contribution in [0.25, 0.3) is 0 Å². The lowest BCUT2D eigenvalue weighted by molar-refractivity contribution is 0.138. The van der Waals surface area contributed by atoms with Gasteiger partial charge in [0, 0.05) is 19.3 Å². The van der Waals surface area contributed by atoms with E-state index in [4.69, 9.17) is 0 Å². The monoisotopic (exact) mass is 236 g/mol. The maximum atomic E-state index is 4.19. The molecule has 0 spiro atoms. The van der Waals surface area contributed by atoms with Crippen LogP contribution >= 0.6 is 0 Å². The van der Waals surface area contributed by atoms with Gasteiger partial charge in [0.2, 0.25) is 0 Å². The molecule has 1 aliphatic heterocycles. The zero-order valence-corrected chi connectivity index (χ0v) is 11.1. The quantitative estimate of drug-likeness (QED) is 0.786. The van der Waals surface area contributed by atoms with Crippen LogP contribution in [0, 0.1) is 5.92 Å². The fraction of sp³-hybridized carbons (Fsp3) is 0.846. The van der Waals surface area contributed by atoms with E-state index in [1.165, 1.54) is 32.4 Å². The van der Waals surface area contributed by atoms with Gasteiger partial charge < -0.3 is 0 Å². The molecule has 0 aromatic carbocycles. The summed E-state index contributed by atoms with van der Waals surface area (Å²) in [5.41, 5.74) is 1.12. The minimum absolute atomic E-state index is 0.910. The van der Waals surface area contributed by atoms with Crippen molar-refractivity contribution in [2.75, 3.05) is 13.1 Å². The molecular formula is C13H24N4. The maximum absolute atomic E-state index is 4.19. The van der Waals surface area contributed by atoms with Gasteiger partial charge in [-0.2, -0.15) is 0 Å². The van der Waals surface area contributed by atoms with Crippen molar-refractivity contribution in [3.8, 4) is 0 Å². The highest BCUT2D eigenvalue weighted by molar-refractivity contribution is 4.91. The molecule has 2 heterocycles. The van der Waals surface area contributed by atoms with Gasteiger partial charge in [-0.05, 0) is 25.2 Å². The number of hydrogen-bond donors (Lipinski definition) is 0. The van der Waals surface area contributed by atoms with Gasteiger partial charge in [0.05, 0.1) is 12.4 Å². The molecule has 0 amide bonds. The molecule has 4 nitrogen and oxygen atoms in total. The summed E-state index contributed by atoms with van der Waals surface area (Å²) in [4.78, 5) is 2.48. The van der Waals surface area contributed by atoms with Crippen molar-refractivity contribution in [1.29, 1.82) is 0 Å². The molecule has 4 heteroatoms. The van der Waals surface area contributed by atoms with Gasteiger partial charge in [-0.25, -0.2) is 4.68 Å². The second-order valence-electron chi connectivity index (χ2n) is 5.11. The molecule has 1 aliphatic rings. The molecule has 0 unspecified atom stereocenters. The first-order chi connectivity index (χ1) is 8.31. The van der Waals surface area contributed by atoms with E-state index < -0.39 is 0 Å². The van der Waals surface area contributed by atoms with Gasteiger partial charge in [-0.15, -0.1) is 5.10 Å². The molecule has 1 fully saturated rings. The Morgan fingerprint density at radius 2 is 2.06 bits per heavy atom. The normalized spacial score (nSPS) is 18.7. The van der Waals surface area contributed by atoms with Crippen LogP contribution in [0.2, 0.25) is 0 Å². The van der Waals surface area contributed by atoms with E-state index in [-0.39, 0.29) is 0 Å². The van der Waals surface area contributed by atoms with E-state index in [9.17, 15) is 0 Å². The van der Waals surface area contributed by atoms with Crippen LogP contribution in [0.1, 0.15) is 45.2 Å². The second kappa shape index (κ2) is 6.15. The smallest absolute Gasteiger partial charge is 0.0946 e. The third kappa shape index (κ3) is 3.53. The van der Waals surface area contributed by atoms with Gasteiger partial charge in [-0.1, -0.05) is 31.9 Å². The zero-order valence-electron chi connectivity index (χ0n) is 11.1. The average molecular weight is 236 g/mol. The highest BCUT2D eigenvalue weighted by atomic mass is 15.5. The molecule has 1 saturated heterocycles. The lowest BCUT2D eigenvalue weighted by Crippen LogP contribution is -2.35. The van der Waals surface area contributed by atoms with E-state index in [1.807, 2.05) is 4.68 Å². The Morgan fingerprint density at radius 3 is 2.71 bits per heavy atom. The number of hydrogen-bond acceptors (Lipinski definition) is 3. The Balaban J connectivity index is 1.80. The van der Waals surface area contributed by atoms with Crippen LogP contribution in [0.15, 0.2) is 6.20 Å². The Bertz CT molecular complexity index is 326. The molecule has 0 N–H and O–H groups in total. The molecule has 17 heavy (non-hydrogen) atoms. The Kier molecular flexibility index (Phi) is 4.54. The SMILES string of the molecule is CCCc1cn(CN2CCC(CC)CC2)nn1. The van der Waals surface area contributed by atoms with Crippen LogP contribution in [0.5, 0.6) is 0 Å². The number of piperidine rings is 1. The van der Waals surface area contributed by atoms with Crippen LogP contribution in [-0.2, 0) is 13.1 Å². The largest absolute Gasteiger partial charge is 0.284 e. The predicted octanol–water partition coefficient (Wildman–Crippen LogP) is 2.31. The summed E-state index contributed by atoms with van der Waals surface area (Å²) in [5.74, 6) is 0.942. The lowest BCUT2D eigenvalue weighted by atomic mass is 9.95. The van der Waals surface area contributed by atoms with Crippen molar-refractivity contribution < 1.29 is 0 Å². The molecule has 0 aliphatic carbocycles. The molecule has 0 saturated carbocycles. The van der Waals surface area contributed by atoms with Gasteiger partial charge in [-0.3, -0.25) is 4.90 Å². The molecule has 2 rings (SSSR count). The van der Waals surface area contributed by atoms with E-state index in [1.54, 1.807) is 0 Å². The predicted molar refractivity (Wildman–Crippen MR) is 68.6 cm³/mol. The minimum Gasteiger partial charge on any atom is -0.284 e. The molecule has 96 valence electrons.